The van der Waals surface area contributed by atoms with Crippen molar-refractivity contribution < 1.29 is 9.15 Å². The highest BCUT2D eigenvalue weighted by molar-refractivity contribution is 5.85. The molecule has 0 saturated heterocycles. The zero-order chi connectivity index (χ0) is 18.3. The second kappa shape index (κ2) is 8.42. The van der Waals surface area contributed by atoms with Crippen molar-refractivity contribution in [3.63, 3.8) is 0 Å². The number of rotatable bonds is 7. The molecule has 2 rings (SSSR count). The topological polar surface area (TPSA) is 64.7 Å². The maximum absolute atomic E-state index is 11.8. The first-order valence-corrected chi connectivity index (χ1v) is 8.30. The Kier molecular flexibility index (Phi) is 6.28. The highest BCUT2D eigenvalue weighted by atomic mass is 16.5. The van der Waals surface area contributed by atoms with Gasteiger partial charge in [-0.05, 0) is 25.0 Å². The van der Waals surface area contributed by atoms with Crippen LogP contribution in [-0.2, 0) is 5.41 Å². The molecule has 25 heavy (non-hydrogen) atoms. The number of benzene rings is 1. The molecule has 5 heteroatoms. The van der Waals surface area contributed by atoms with Gasteiger partial charge in [-0.15, -0.1) is 0 Å². The number of aromatic nitrogens is 1. The van der Waals surface area contributed by atoms with Crippen LogP contribution in [0.25, 0.3) is 11.0 Å². The van der Waals surface area contributed by atoms with Crippen LogP contribution in [0.15, 0.2) is 57.3 Å². The standard InChI is InChI=1S/C20H24N2O3/c1-5-12-21-13-7-6-8-14-24-16-11-9-10-15-17(16)25-19(23)22-18(15)20(2,3)4/h5,7,9-13H,1,6,8,14H2,2-4H3/b13-7-,21-12?. The molecule has 0 amide bonds. The second-order valence-electron chi connectivity index (χ2n) is 6.62. The molecule has 0 N–H and O–H groups in total. The van der Waals surface area contributed by atoms with E-state index in [1.165, 1.54) is 0 Å². The number of hydrogen-bond acceptors (Lipinski definition) is 5. The predicted molar refractivity (Wildman–Crippen MR) is 102 cm³/mol. The molecule has 0 fully saturated rings. The van der Waals surface area contributed by atoms with Crippen LogP contribution in [0.2, 0.25) is 0 Å². The van der Waals surface area contributed by atoms with Crippen molar-refractivity contribution in [3.05, 3.63) is 59.4 Å². The highest BCUT2D eigenvalue weighted by Gasteiger charge is 2.22. The van der Waals surface area contributed by atoms with Gasteiger partial charge in [0, 0.05) is 23.2 Å². The third-order valence-electron chi connectivity index (χ3n) is 3.49. The Morgan fingerprint density at radius 2 is 2.16 bits per heavy atom. The van der Waals surface area contributed by atoms with Gasteiger partial charge in [0.25, 0.3) is 0 Å². The van der Waals surface area contributed by atoms with Crippen molar-refractivity contribution in [3.8, 4) is 5.75 Å². The number of unbranched alkanes of at least 4 members (excludes halogenated alkanes) is 1. The summed E-state index contributed by atoms with van der Waals surface area (Å²) in [7, 11) is 0. The average Bonchev–Trinajstić information content (AvgIpc) is 2.56. The molecule has 1 aromatic heterocycles. The fourth-order valence-electron chi connectivity index (χ4n) is 2.38. The molecule has 0 aliphatic rings. The van der Waals surface area contributed by atoms with Gasteiger partial charge in [0.15, 0.2) is 11.3 Å². The third kappa shape index (κ3) is 5.14. The molecule has 0 unspecified atom stereocenters. The summed E-state index contributed by atoms with van der Waals surface area (Å²) in [5, 5.41) is 0.809. The van der Waals surface area contributed by atoms with Crippen molar-refractivity contribution >= 4 is 17.2 Å². The minimum absolute atomic E-state index is 0.260. The summed E-state index contributed by atoms with van der Waals surface area (Å²) in [5.74, 6) is -0.0346. The third-order valence-corrected chi connectivity index (χ3v) is 3.49. The zero-order valence-corrected chi connectivity index (χ0v) is 15.0. The molecule has 0 aliphatic heterocycles. The molecule has 2 aromatic rings. The first kappa shape index (κ1) is 18.6. The van der Waals surface area contributed by atoms with Gasteiger partial charge in [-0.3, -0.25) is 4.99 Å². The van der Waals surface area contributed by atoms with E-state index in [-0.39, 0.29) is 5.41 Å². The van der Waals surface area contributed by atoms with E-state index in [1.807, 2.05) is 45.0 Å². The lowest BCUT2D eigenvalue weighted by Crippen LogP contribution is -2.19. The molecule has 0 atom stereocenters. The van der Waals surface area contributed by atoms with E-state index in [9.17, 15) is 4.79 Å². The van der Waals surface area contributed by atoms with Gasteiger partial charge in [0.1, 0.15) is 0 Å². The van der Waals surface area contributed by atoms with Crippen molar-refractivity contribution in [2.75, 3.05) is 6.61 Å². The van der Waals surface area contributed by atoms with Gasteiger partial charge < -0.3 is 9.15 Å². The molecule has 1 heterocycles. The van der Waals surface area contributed by atoms with Crippen LogP contribution in [0, 0.1) is 0 Å². The van der Waals surface area contributed by atoms with Crippen molar-refractivity contribution in [2.24, 2.45) is 4.99 Å². The van der Waals surface area contributed by atoms with E-state index in [0.717, 1.165) is 18.2 Å². The Balaban J connectivity index is 2.13. The van der Waals surface area contributed by atoms with E-state index in [0.29, 0.717) is 23.6 Å². The summed E-state index contributed by atoms with van der Waals surface area (Å²) < 4.78 is 11.1. The minimum atomic E-state index is -0.600. The molecule has 0 saturated carbocycles. The van der Waals surface area contributed by atoms with Crippen molar-refractivity contribution in [2.45, 2.75) is 39.0 Å². The lowest BCUT2D eigenvalue weighted by atomic mass is 9.89. The molecule has 5 nitrogen and oxygen atoms in total. The number of aliphatic imine (C=N–C) groups is 1. The summed E-state index contributed by atoms with van der Waals surface area (Å²) in [6.45, 7) is 10.1. The largest absolute Gasteiger partial charge is 0.490 e. The fraction of sp³-hybridized carbons (Fsp3) is 0.350. The van der Waals surface area contributed by atoms with Crippen molar-refractivity contribution in [1.82, 2.24) is 4.98 Å². The lowest BCUT2D eigenvalue weighted by Gasteiger charge is -2.19. The van der Waals surface area contributed by atoms with E-state index < -0.39 is 5.76 Å². The van der Waals surface area contributed by atoms with Crippen LogP contribution in [0.3, 0.4) is 0 Å². The van der Waals surface area contributed by atoms with E-state index in [4.69, 9.17) is 9.15 Å². The molecule has 0 spiro atoms. The summed E-state index contributed by atoms with van der Waals surface area (Å²) in [6.07, 6.45) is 8.64. The monoisotopic (exact) mass is 340 g/mol. The number of ether oxygens (including phenoxy) is 1. The van der Waals surface area contributed by atoms with Crippen LogP contribution in [0.5, 0.6) is 5.75 Å². The highest BCUT2D eigenvalue weighted by Crippen LogP contribution is 2.31. The lowest BCUT2D eigenvalue weighted by molar-refractivity contribution is 0.309. The minimum Gasteiger partial charge on any atom is -0.490 e. The van der Waals surface area contributed by atoms with Crippen molar-refractivity contribution in [1.29, 1.82) is 0 Å². The van der Waals surface area contributed by atoms with E-state index >= 15 is 0 Å². The molecule has 0 radical (unpaired) electrons. The maximum Gasteiger partial charge on any atom is 0.439 e. The Bertz CT molecular complexity index is 842. The number of hydrogen-bond donors (Lipinski definition) is 0. The Morgan fingerprint density at radius 3 is 2.88 bits per heavy atom. The average molecular weight is 340 g/mol. The Labute approximate surface area is 147 Å². The number of fused-ring (bicyclic) bond motifs is 1. The Morgan fingerprint density at radius 1 is 1.36 bits per heavy atom. The number of para-hydroxylation sites is 1. The summed E-state index contributed by atoms with van der Waals surface area (Å²) in [6, 6.07) is 5.60. The fourth-order valence-corrected chi connectivity index (χ4v) is 2.38. The van der Waals surface area contributed by atoms with Gasteiger partial charge in [0.05, 0.1) is 12.3 Å². The van der Waals surface area contributed by atoms with Gasteiger partial charge >= 0.3 is 5.76 Å². The maximum atomic E-state index is 11.8. The predicted octanol–water partition coefficient (Wildman–Crippen LogP) is 4.42. The number of nitrogens with zero attached hydrogens (tertiary/aromatic N) is 2. The first-order valence-electron chi connectivity index (χ1n) is 8.30. The molecule has 0 aliphatic carbocycles. The number of allylic oxidation sites excluding steroid dienone is 2. The second-order valence-corrected chi connectivity index (χ2v) is 6.62. The normalized spacial score (nSPS) is 12.3. The smallest absolute Gasteiger partial charge is 0.439 e. The van der Waals surface area contributed by atoms with Gasteiger partial charge in [-0.25, -0.2) is 4.79 Å². The molecule has 1 aromatic carbocycles. The first-order chi connectivity index (χ1) is 11.9. The van der Waals surface area contributed by atoms with E-state index in [2.05, 4.69) is 16.6 Å². The van der Waals surface area contributed by atoms with Gasteiger partial charge in [-0.1, -0.05) is 45.6 Å². The van der Waals surface area contributed by atoms with Crippen LogP contribution in [0.1, 0.15) is 39.3 Å². The van der Waals surface area contributed by atoms with Crippen LogP contribution < -0.4 is 10.5 Å². The summed E-state index contributed by atoms with van der Waals surface area (Å²) in [5.41, 5.74) is 0.912. The SMILES string of the molecule is C=CC=N/C=C\CCCOc1cccc2c(C(C)(C)C)nc(=O)oc12. The molecular formula is C20H24N2O3. The zero-order valence-electron chi connectivity index (χ0n) is 15.0. The van der Waals surface area contributed by atoms with Gasteiger partial charge in [0.2, 0.25) is 0 Å². The molecule has 132 valence electrons. The summed E-state index contributed by atoms with van der Waals surface area (Å²) >= 11 is 0. The van der Waals surface area contributed by atoms with E-state index in [1.54, 1.807) is 18.5 Å². The molecule has 0 bridgehead atoms. The van der Waals surface area contributed by atoms with Crippen LogP contribution in [-0.4, -0.2) is 17.8 Å². The van der Waals surface area contributed by atoms with Gasteiger partial charge in [-0.2, -0.15) is 4.98 Å². The quantitative estimate of drug-likeness (QED) is 0.553. The molecular weight excluding hydrogens is 316 g/mol. The van der Waals surface area contributed by atoms with Crippen LogP contribution >= 0.6 is 0 Å². The Hall–Kier alpha value is -2.69. The van der Waals surface area contributed by atoms with Crippen LogP contribution in [0.4, 0.5) is 0 Å². The summed E-state index contributed by atoms with van der Waals surface area (Å²) in [4.78, 5) is 19.9.